The van der Waals surface area contributed by atoms with Crippen LogP contribution in [0, 0.1) is 0 Å². The molecule has 4 heterocycles. The van der Waals surface area contributed by atoms with Crippen LogP contribution in [0.1, 0.15) is 34.8 Å². The Balaban J connectivity index is 1.62. The van der Waals surface area contributed by atoms with Gasteiger partial charge in [0.25, 0.3) is 0 Å². The highest BCUT2D eigenvalue weighted by Gasteiger charge is 2.28. The van der Waals surface area contributed by atoms with Gasteiger partial charge < -0.3 is 16.2 Å². The van der Waals surface area contributed by atoms with E-state index in [-0.39, 0.29) is 17.3 Å². The molecule has 1 fully saturated rings. The second kappa shape index (κ2) is 8.49. The molecule has 1 saturated heterocycles. The number of anilines is 1. The summed E-state index contributed by atoms with van der Waals surface area (Å²) >= 11 is 0. The summed E-state index contributed by atoms with van der Waals surface area (Å²) in [6, 6.07) is 13.9. The minimum Gasteiger partial charge on any atom is -0.388 e. The molecule has 8 nitrogen and oxygen atoms in total. The van der Waals surface area contributed by atoms with Crippen molar-refractivity contribution < 1.29 is 9.90 Å². The van der Waals surface area contributed by atoms with Crippen molar-refractivity contribution in [2.24, 2.45) is 0 Å². The average Bonchev–Trinajstić information content (AvgIpc) is 3.29. The molecule has 1 aliphatic rings. The summed E-state index contributed by atoms with van der Waals surface area (Å²) in [6.07, 6.45) is 5.20. The Morgan fingerprint density at radius 1 is 1.09 bits per heavy atom. The summed E-state index contributed by atoms with van der Waals surface area (Å²) in [5.41, 5.74) is 11.5. The fraction of sp³-hybridized carbons (Fsp3) is 0.250. The van der Waals surface area contributed by atoms with Gasteiger partial charge in [-0.1, -0.05) is 36.4 Å². The molecule has 0 spiro atoms. The number of ketones is 1. The monoisotopic (exact) mass is 428 g/mol. The molecule has 0 amide bonds. The van der Waals surface area contributed by atoms with Crippen molar-refractivity contribution in [1.29, 1.82) is 0 Å². The Bertz CT molecular complexity index is 1260. The third-order valence-electron chi connectivity index (χ3n) is 6.00. The van der Waals surface area contributed by atoms with Crippen molar-refractivity contribution in [1.82, 2.24) is 24.9 Å². The number of aromatic nitrogens is 4. The summed E-state index contributed by atoms with van der Waals surface area (Å²) < 4.78 is 1.48. The van der Waals surface area contributed by atoms with Crippen molar-refractivity contribution in [3.8, 4) is 22.4 Å². The molecule has 1 aliphatic heterocycles. The number of carbonyl (C=O) groups excluding carboxylic acids is 1. The number of aliphatic hydroxyl groups excluding tert-OH is 1. The van der Waals surface area contributed by atoms with Gasteiger partial charge in [0.2, 0.25) is 0 Å². The molecule has 5 rings (SSSR count). The number of Topliss-reactive ketones (excluding diaryl/α,β-unsaturated/α-hetero) is 1. The number of pyridine rings is 1. The first-order valence-corrected chi connectivity index (χ1v) is 10.7. The van der Waals surface area contributed by atoms with Crippen LogP contribution < -0.4 is 11.1 Å². The normalized spacial score (nSPS) is 14.7. The smallest absolute Gasteiger partial charge is 0.193 e. The highest BCUT2D eigenvalue weighted by atomic mass is 16.3. The van der Waals surface area contributed by atoms with E-state index in [1.54, 1.807) is 12.4 Å². The van der Waals surface area contributed by atoms with Crippen LogP contribution >= 0.6 is 0 Å². The van der Waals surface area contributed by atoms with Crippen molar-refractivity contribution >= 4 is 17.2 Å². The van der Waals surface area contributed by atoms with Gasteiger partial charge >= 0.3 is 0 Å². The molecule has 0 atom stereocenters. The summed E-state index contributed by atoms with van der Waals surface area (Å²) in [5.74, 6) is -0.130. The third-order valence-corrected chi connectivity index (χ3v) is 6.00. The van der Waals surface area contributed by atoms with Gasteiger partial charge in [0.05, 0.1) is 23.1 Å². The lowest BCUT2D eigenvalue weighted by atomic mass is 9.90. The molecule has 8 heteroatoms. The molecule has 162 valence electrons. The Labute approximate surface area is 185 Å². The molecule has 0 saturated carbocycles. The van der Waals surface area contributed by atoms with E-state index in [4.69, 9.17) is 10.7 Å². The van der Waals surface area contributed by atoms with Crippen molar-refractivity contribution in [2.45, 2.75) is 18.8 Å². The number of piperidine rings is 1. The Kier molecular flexibility index (Phi) is 5.38. The van der Waals surface area contributed by atoms with E-state index in [1.807, 2.05) is 42.5 Å². The number of rotatable bonds is 5. The molecule has 0 aliphatic carbocycles. The number of fused-ring (bicyclic) bond motifs is 1. The predicted octanol–water partition coefficient (Wildman–Crippen LogP) is 2.68. The van der Waals surface area contributed by atoms with E-state index in [9.17, 15) is 9.90 Å². The third kappa shape index (κ3) is 3.53. The van der Waals surface area contributed by atoms with Gasteiger partial charge in [0.1, 0.15) is 12.4 Å². The van der Waals surface area contributed by atoms with Crippen LogP contribution in [0.5, 0.6) is 0 Å². The molecule has 1 aromatic carbocycles. The lowest BCUT2D eigenvalue weighted by Crippen LogP contribution is -2.29. The number of nitrogens with zero attached hydrogens (tertiary/aromatic N) is 4. The number of hydrogen-bond acceptors (Lipinski definition) is 7. The highest BCUT2D eigenvalue weighted by molar-refractivity contribution is 6.02. The second-order valence-electron chi connectivity index (χ2n) is 7.95. The van der Waals surface area contributed by atoms with Crippen molar-refractivity contribution in [2.75, 3.05) is 25.4 Å². The standard InChI is InChI=1S/C24H24N6O2/c25-23-21(20(32)14-31)22(16-8-10-26-11-9-16)29-24-18(13-28-30(23)24)17-6-7-19(27-12-17)15-4-2-1-3-5-15/h1-7,12-13,16,26,31H,8-11,14,25H2. The number of hydrogen-bond donors (Lipinski definition) is 3. The zero-order valence-electron chi connectivity index (χ0n) is 17.5. The largest absolute Gasteiger partial charge is 0.388 e. The lowest BCUT2D eigenvalue weighted by molar-refractivity contribution is 0.0902. The first-order chi connectivity index (χ1) is 15.7. The Morgan fingerprint density at radius 3 is 2.56 bits per heavy atom. The van der Waals surface area contributed by atoms with Gasteiger partial charge in [-0.3, -0.25) is 9.78 Å². The molecule has 32 heavy (non-hydrogen) atoms. The van der Waals surface area contributed by atoms with Gasteiger partial charge in [-0.05, 0) is 32.0 Å². The van der Waals surface area contributed by atoms with E-state index >= 15 is 0 Å². The quantitative estimate of drug-likeness (QED) is 0.418. The number of nitrogens with one attached hydrogen (secondary N) is 1. The highest BCUT2D eigenvalue weighted by Crippen LogP contribution is 2.33. The Hall–Kier alpha value is -3.62. The minimum absolute atomic E-state index is 0.0929. The molecule has 0 unspecified atom stereocenters. The molecule has 4 aromatic rings. The summed E-state index contributed by atoms with van der Waals surface area (Å²) in [6.45, 7) is 1.08. The van der Waals surface area contributed by atoms with Crippen LogP contribution in [-0.2, 0) is 0 Å². The Morgan fingerprint density at radius 2 is 1.88 bits per heavy atom. The maximum atomic E-state index is 12.6. The van der Waals surface area contributed by atoms with Crippen LogP contribution in [0.4, 0.5) is 5.82 Å². The maximum Gasteiger partial charge on any atom is 0.193 e. The molecule has 3 aromatic heterocycles. The maximum absolute atomic E-state index is 12.6. The fourth-order valence-electron chi connectivity index (χ4n) is 4.32. The fourth-order valence-corrected chi connectivity index (χ4v) is 4.32. The SMILES string of the molecule is Nc1c(C(=O)CO)c(C2CCNCC2)nc2c(-c3ccc(-c4ccccc4)nc3)cnn12. The molecule has 4 N–H and O–H groups in total. The molecular formula is C24H24N6O2. The summed E-state index contributed by atoms with van der Waals surface area (Å²) in [7, 11) is 0. The van der Waals surface area contributed by atoms with E-state index in [1.165, 1.54) is 4.52 Å². The van der Waals surface area contributed by atoms with Gasteiger partial charge in [-0.2, -0.15) is 9.61 Å². The number of nitrogen functional groups attached to an aromatic ring is 1. The summed E-state index contributed by atoms with van der Waals surface area (Å²) in [5, 5.41) is 17.3. The topological polar surface area (TPSA) is 118 Å². The first kappa shape index (κ1) is 20.3. The van der Waals surface area contributed by atoms with Crippen molar-refractivity contribution in [3.05, 3.63) is 66.1 Å². The number of carbonyl (C=O) groups is 1. The molecular weight excluding hydrogens is 404 g/mol. The van der Waals surface area contributed by atoms with E-state index < -0.39 is 12.4 Å². The second-order valence-corrected chi connectivity index (χ2v) is 7.95. The summed E-state index contributed by atoms with van der Waals surface area (Å²) in [4.78, 5) is 22.0. The van der Waals surface area contributed by atoms with E-state index in [0.717, 1.165) is 48.3 Å². The predicted molar refractivity (Wildman–Crippen MR) is 122 cm³/mol. The molecule has 0 radical (unpaired) electrons. The zero-order chi connectivity index (χ0) is 22.1. The van der Waals surface area contributed by atoms with Gasteiger partial charge in [-0.15, -0.1) is 0 Å². The zero-order valence-corrected chi connectivity index (χ0v) is 17.5. The molecule has 0 bridgehead atoms. The van der Waals surface area contributed by atoms with Crippen LogP contribution in [0.3, 0.4) is 0 Å². The van der Waals surface area contributed by atoms with E-state index in [0.29, 0.717) is 11.3 Å². The van der Waals surface area contributed by atoms with Crippen LogP contribution in [-0.4, -0.2) is 50.2 Å². The van der Waals surface area contributed by atoms with Crippen molar-refractivity contribution in [3.63, 3.8) is 0 Å². The first-order valence-electron chi connectivity index (χ1n) is 10.7. The van der Waals surface area contributed by atoms with Gasteiger partial charge in [0.15, 0.2) is 11.4 Å². The number of aliphatic hydroxyl groups is 1. The minimum atomic E-state index is -0.617. The van der Waals surface area contributed by atoms with Crippen LogP contribution in [0.15, 0.2) is 54.9 Å². The number of benzene rings is 1. The number of nitrogens with two attached hydrogens (primary N) is 1. The van der Waals surface area contributed by atoms with Crippen LogP contribution in [0.2, 0.25) is 0 Å². The van der Waals surface area contributed by atoms with Gasteiger partial charge in [-0.25, -0.2) is 4.98 Å². The lowest BCUT2D eigenvalue weighted by Gasteiger charge is -2.24. The van der Waals surface area contributed by atoms with E-state index in [2.05, 4.69) is 15.4 Å². The van der Waals surface area contributed by atoms with Gasteiger partial charge in [0, 0.05) is 28.8 Å². The average molecular weight is 428 g/mol. The van der Waals surface area contributed by atoms with Crippen LogP contribution in [0.25, 0.3) is 28.0 Å².